The van der Waals surface area contributed by atoms with Gasteiger partial charge in [-0.15, -0.1) is 4.91 Å². The minimum absolute atomic E-state index is 0.406. The largest absolute Gasteiger partial charge is 0.261 e. The summed E-state index contributed by atoms with van der Waals surface area (Å²) in [5.41, 5.74) is 0.623. The SMILES string of the molecule is C/C(c1cncc(F)c1)=S(/I)N=O. The van der Waals surface area contributed by atoms with Gasteiger partial charge in [-0.2, -0.15) is 0 Å². The van der Waals surface area contributed by atoms with Crippen LogP contribution in [0.15, 0.2) is 23.0 Å². The minimum Gasteiger partial charge on any atom is -0.261 e. The topological polar surface area (TPSA) is 42.3 Å². The van der Waals surface area contributed by atoms with E-state index in [0.29, 0.717) is 5.56 Å². The van der Waals surface area contributed by atoms with Gasteiger partial charge in [-0.05, 0) is 13.0 Å². The van der Waals surface area contributed by atoms with Crippen molar-refractivity contribution in [2.45, 2.75) is 6.92 Å². The molecule has 0 aliphatic rings. The van der Waals surface area contributed by atoms with Gasteiger partial charge in [0.15, 0.2) is 0 Å². The molecule has 13 heavy (non-hydrogen) atoms. The molecule has 0 aromatic carbocycles. The first-order chi connectivity index (χ1) is 6.15. The molecule has 0 saturated heterocycles. The molecule has 0 aliphatic heterocycles. The molecular formula is C7H6FIN2OS. The van der Waals surface area contributed by atoms with Crippen LogP contribution < -0.4 is 0 Å². The van der Waals surface area contributed by atoms with E-state index < -0.39 is 13.7 Å². The number of nitroso groups, excluding NO2 is 1. The van der Waals surface area contributed by atoms with Crippen molar-refractivity contribution in [2.75, 3.05) is 0 Å². The van der Waals surface area contributed by atoms with E-state index in [1.165, 1.54) is 12.3 Å². The average molecular weight is 312 g/mol. The third-order valence-corrected chi connectivity index (χ3v) is 4.77. The first-order valence-electron chi connectivity index (χ1n) is 3.33. The fourth-order valence-electron chi connectivity index (χ4n) is 0.758. The van der Waals surface area contributed by atoms with Gasteiger partial charge in [-0.25, -0.2) is 4.39 Å². The summed E-state index contributed by atoms with van der Waals surface area (Å²) < 4.78 is 15.6. The molecule has 1 aromatic rings. The van der Waals surface area contributed by atoms with Crippen LogP contribution in [0.3, 0.4) is 0 Å². The fourth-order valence-corrected chi connectivity index (χ4v) is 1.94. The highest BCUT2D eigenvalue weighted by molar-refractivity contribution is 14.2. The lowest BCUT2D eigenvalue weighted by atomic mass is 10.2. The molecule has 0 radical (unpaired) electrons. The summed E-state index contributed by atoms with van der Waals surface area (Å²) >= 11 is 1.91. The van der Waals surface area contributed by atoms with Crippen molar-refractivity contribution in [3.05, 3.63) is 34.7 Å². The summed E-state index contributed by atoms with van der Waals surface area (Å²) in [5, 5.41) is 0. The smallest absolute Gasteiger partial charge is 0.142 e. The maximum absolute atomic E-state index is 12.7. The lowest BCUT2D eigenvalue weighted by Crippen LogP contribution is -1.94. The number of aromatic nitrogens is 1. The van der Waals surface area contributed by atoms with Crippen LogP contribution in [0.1, 0.15) is 12.5 Å². The average Bonchev–Trinajstić information content (AvgIpc) is 2.15. The molecule has 0 fully saturated rings. The first kappa shape index (κ1) is 10.7. The molecule has 0 N–H and O–H groups in total. The Hall–Kier alpha value is -0.370. The van der Waals surface area contributed by atoms with Gasteiger partial charge in [0, 0.05) is 50.3 Å². The van der Waals surface area contributed by atoms with Crippen LogP contribution in [-0.4, -0.2) is 9.85 Å². The third-order valence-electron chi connectivity index (χ3n) is 1.43. The lowest BCUT2D eigenvalue weighted by molar-refractivity contribution is 0.621. The molecule has 0 amide bonds. The van der Waals surface area contributed by atoms with E-state index in [4.69, 9.17) is 0 Å². The van der Waals surface area contributed by atoms with E-state index in [-0.39, 0.29) is 0 Å². The van der Waals surface area contributed by atoms with E-state index in [2.05, 4.69) is 9.57 Å². The van der Waals surface area contributed by atoms with Gasteiger partial charge in [0.25, 0.3) is 0 Å². The fraction of sp³-hybridized carbons (Fsp3) is 0.143. The van der Waals surface area contributed by atoms with E-state index in [0.717, 1.165) is 11.1 Å². The molecular weight excluding hydrogens is 306 g/mol. The molecule has 0 aliphatic carbocycles. The minimum atomic E-state index is -0.732. The second-order valence-electron chi connectivity index (χ2n) is 2.26. The molecule has 1 aromatic heterocycles. The van der Waals surface area contributed by atoms with E-state index in [1.807, 2.05) is 21.2 Å². The van der Waals surface area contributed by atoms with Gasteiger partial charge in [0.2, 0.25) is 0 Å². The first-order valence-corrected chi connectivity index (χ1v) is 7.06. The van der Waals surface area contributed by atoms with Crippen molar-refractivity contribution in [3.63, 3.8) is 0 Å². The number of nitrogens with zero attached hydrogens (tertiary/aromatic N) is 2. The standard InChI is InChI=1S/C7H6FIN2OS/c1-5(13(9)11-12)6-2-7(8)4-10-3-6/h2-4H,1H3. The quantitative estimate of drug-likeness (QED) is 0.364. The maximum atomic E-state index is 12.7. The molecule has 3 nitrogen and oxygen atoms in total. The third kappa shape index (κ3) is 2.80. The van der Waals surface area contributed by atoms with Gasteiger partial charge in [0.05, 0.1) is 6.20 Å². The van der Waals surface area contributed by atoms with Crippen molar-refractivity contribution in [1.82, 2.24) is 4.98 Å². The van der Waals surface area contributed by atoms with Crippen LogP contribution in [0, 0.1) is 10.7 Å². The molecule has 0 saturated carbocycles. The number of hydrogen-bond donors (Lipinski definition) is 0. The van der Waals surface area contributed by atoms with Gasteiger partial charge < -0.3 is 0 Å². The van der Waals surface area contributed by atoms with Crippen LogP contribution >= 0.6 is 29.0 Å². The molecule has 70 valence electrons. The van der Waals surface area contributed by atoms with Crippen LogP contribution in [-0.2, 0) is 0 Å². The second-order valence-corrected chi connectivity index (χ2v) is 6.00. The van der Waals surface area contributed by atoms with Gasteiger partial charge in [0.1, 0.15) is 5.82 Å². The Kier molecular flexibility index (Phi) is 3.91. The summed E-state index contributed by atoms with van der Waals surface area (Å²) in [4.78, 5) is 14.6. The summed E-state index contributed by atoms with van der Waals surface area (Å²) in [7, 11) is -0.732. The summed E-state index contributed by atoms with van der Waals surface area (Å²) in [6.07, 6.45) is 2.64. The molecule has 0 bridgehead atoms. The Morgan fingerprint density at radius 3 is 2.92 bits per heavy atom. The Morgan fingerprint density at radius 1 is 1.69 bits per heavy atom. The highest BCUT2D eigenvalue weighted by atomic mass is 127. The number of pyridine rings is 1. The normalized spacial score (nSPS) is 13.6. The van der Waals surface area contributed by atoms with Crippen molar-refractivity contribution >= 4 is 33.9 Å². The van der Waals surface area contributed by atoms with Crippen LogP contribution in [0.2, 0.25) is 0 Å². The molecule has 6 heteroatoms. The van der Waals surface area contributed by atoms with Gasteiger partial charge in [-0.1, -0.05) is 0 Å². The van der Waals surface area contributed by atoms with E-state index in [9.17, 15) is 9.30 Å². The Bertz CT molecular complexity index is 369. The van der Waals surface area contributed by atoms with Crippen LogP contribution in [0.5, 0.6) is 0 Å². The zero-order chi connectivity index (χ0) is 9.84. The van der Waals surface area contributed by atoms with E-state index >= 15 is 0 Å². The van der Waals surface area contributed by atoms with Crippen molar-refractivity contribution in [1.29, 1.82) is 0 Å². The Labute approximate surface area is 89.4 Å². The summed E-state index contributed by atoms with van der Waals surface area (Å²) in [6, 6.07) is 1.34. The molecule has 0 spiro atoms. The number of rotatable bonds is 2. The van der Waals surface area contributed by atoms with Gasteiger partial charge in [-0.3, -0.25) is 4.98 Å². The molecule has 1 heterocycles. The molecule has 1 rings (SSSR count). The summed E-state index contributed by atoms with van der Waals surface area (Å²) in [6.45, 7) is 1.74. The Balaban J connectivity index is 3.16. The monoisotopic (exact) mass is 312 g/mol. The van der Waals surface area contributed by atoms with E-state index in [1.54, 1.807) is 6.92 Å². The predicted molar refractivity (Wildman–Crippen MR) is 61.4 cm³/mol. The van der Waals surface area contributed by atoms with Crippen molar-refractivity contribution < 1.29 is 4.39 Å². The van der Waals surface area contributed by atoms with Crippen molar-refractivity contribution in [3.8, 4) is 0 Å². The second kappa shape index (κ2) is 4.75. The van der Waals surface area contributed by atoms with Crippen LogP contribution in [0.25, 0.3) is 0 Å². The predicted octanol–water partition coefficient (Wildman–Crippen LogP) is 3.06. The molecule has 1 atom stereocenters. The zero-order valence-electron chi connectivity index (χ0n) is 6.70. The van der Waals surface area contributed by atoms with Gasteiger partial charge >= 0.3 is 0 Å². The number of hydrogen-bond acceptors (Lipinski definition) is 3. The zero-order valence-corrected chi connectivity index (χ0v) is 9.67. The number of halogens is 2. The van der Waals surface area contributed by atoms with Crippen LogP contribution in [0.4, 0.5) is 4.39 Å². The highest BCUT2D eigenvalue weighted by Gasteiger charge is 2.02. The van der Waals surface area contributed by atoms with Crippen molar-refractivity contribution in [2.24, 2.45) is 4.58 Å². The molecule has 1 unspecified atom stereocenters. The lowest BCUT2D eigenvalue weighted by Gasteiger charge is -2.00. The Morgan fingerprint density at radius 2 is 2.38 bits per heavy atom. The summed E-state index contributed by atoms with van der Waals surface area (Å²) in [5.74, 6) is -0.406. The maximum Gasteiger partial charge on any atom is 0.142 e. The highest BCUT2D eigenvalue weighted by Crippen LogP contribution is 2.28.